The number of rotatable bonds is 11. The standard InChI is InChI=1S/C28H35N3O3/c32-24(21-34-27-13-6-12-26-25(27)11-7-17-29-26)20-31-18-14-23(15-19-31)28(33)30-16-5-4-10-22-8-2-1-3-9-22/h1-3,6-9,11-13,17,23-24,32H,4-5,10,14-16,18-21H2,(H,30,33). The largest absolute Gasteiger partial charge is 0.490 e. The number of aryl methyl sites for hydroxylation is 1. The fraction of sp³-hybridized carbons (Fsp3) is 0.429. The van der Waals surface area contributed by atoms with Crippen LogP contribution in [0, 0.1) is 5.92 Å². The molecular weight excluding hydrogens is 426 g/mol. The van der Waals surface area contributed by atoms with Crippen LogP contribution in [0.2, 0.25) is 0 Å². The van der Waals surface area contributed by atoms with Gasteiger partial charge >= 0.3 is 0 Å². The zero-order chi connectivity index (χ0) is 23.6. The Bertz CT molecular complexity index is 1030. The maximum atomic E-state index is 12.5. The number of β-amino-alcohol motifs (C(OH)–C–C–N with tert-alkyl or cyclic N) is 1. The molecule has 34 heavy (non-hydrogen) atoms. The predicted octanol–water partition coefficient (Wildman–Crippen LogP) is 3.83. The third-order valence-corrected chi connectivity index (χ3v) is 6.50. The Kier molecular flexibility index (Phi) is 8.88. The normalized spacial score (nSPS) is 15.8. The van der Waals surface area contributed by atoms with Gasteiger partial charge in [-0.05, 0) is 75.0 Å². The van der Waals surface area contributed by atoms with Crippen molar-refractivity contribution in [2.75, 3.05) is 32.8 Å². The first kappa shape index (κ1) is 24.2. The molecule has 6 heteroatoms. The third kappa shape index (κ3) is 7.02. The lowest BCUT2D eigenvalue weighted by atomic mass is 9.95. The second-order valence-corrected chi connectivity index (χ2v) is 9.10. The van der Waals surface area contributed by atoms with E-state index in [9.17, 15) is 9.90 Å². The molecule has 1 saturated heterocycles. The lowest BCUT2D eigenvalue weighted by Crippen LogP contribution is -2.44. The van der Waals surface area contributed by atoms with E-state index in [0.717, 1.165) is 68.4 Å². The van der Waals surface area contributed by atoms with Gasteiger partial charge in [0.25, 0.3) is 0 Å². The van der Waals surface area contributed by atoms with Crippen LogP contribution >= 0.6 is 0 Å². The van der Waals surface area contributed by atoms with Gasteiger partial charge in [0.1, 0.15) is 18.5 Å². The molecule has 1 unspecified atom stereocenters. The number of piperidine rings is 1. The topological polar surface area (TPSA) is 74.7 Å². The molecule has 4 rings (SSSR count). The number of carbonyl (C=O) groups excluding carboxylic acids is 1. The minimum atomic E-state index is -0.582. The van der Waals surface area contributed by atoms with Crippen molar-refractivity contribution < 1.29 is 14.6 Å². The first-order valence-electron chi connectivity index (χ1n) is 12.4. The molecule has 2 heterocycles. The molecule has 0 aliphatic carbocycles. The zero-order valence-corrected chi connectivity index (χ0v) is 19.7. The second-order valence-electron chi connectivity index (χ2n) is 9.10. The fourth-order valence-corrected chi connectivity index (χ4v) is 4.57. The quantitative estimate of drug-likeness (QED) is 0.425. The van der Waals surface area contributed by atoms with Crippen LogP contribution in [0.25, 0.3) is 10.9 Å². The number of nitrogens with one attached hydrogen (secondary N) is 1. The molecule has 2 N–H and O–H groups in total. The van der Waals surface area contributed by atoms with Crippen LogP contribution < -0.4 is 10.1 Å². The van der Waals surface area contributed by atoms with E-state index in [1.54, 1.807) is 6.20 Å². The maximum Gasteiger partial charge on any atom is 0.223 e. The Morgan fingerprint density at radius 1 is 1.06 bits per heavy atom. The molecule has 0 saturated carbocycles. The van der Waals surface area contributed by atoms with E-state index in [2.05, 4.69) is 39.5 Å². The molecule has 1 atom stereocenters. The summed E-state index contributed by atoms with van der Waals surface area (Å²) in [6.07, 6.45) is 5.98. The van der Waals surface area contributed by atoms with Gasteiger partial charge in [0, 0.05) is 30.6 Å². The van der Waals surface area contributed by atoms with E-state index < -0.39 is 6.10 Å². The zero-order valence-electron chi connectivity index (χ0n) is 19.7. The Balaban J connectivity index is 1.11. The van der Waals surface area contributed by atoms with Crippen molar-refractivity contribution in [3.8, 4) is 5.75 Å². The van der Waals surface area contributed by atoms with E-state index >= 15 is 0 Å². The van der Waals surface area contributed by atoms with Crippen LogP contribution in [-0.2, 0) is 11.2 Å². The smallest absolute Gasteiger partial charge is 0.223 e. The van der Waals surface area contributed by atoms with Gasteiger partial charge in [-0.1, -0.05) is 36.4 Å². The number of hydrogen-bond donors (Lipinski definition) is 2. The molecule has 1 fully saturated rings. The summed E-state index contributed by atoms with van der Waals surface area (Å²) >= 11 is 0. The van der Waals surface area contributed by atoms with Gasteiger partial charge in [0.05, 0.1) is 5.52 Å². The Morgan fingerprint density at radius 3 is 2.71 bits per heavy atom. The summed E-state index contributed by atoms with van der Waals surface area (Å²) in [6.45, 7) is 3.17. The molecule has 0 radical (unpaired) electrons. The molecule has 2 aromatic carbocycles. The molecule has 0 bridgehead atoms. The number of pyridine rings is 1. The number of unbranched alkanes of at least 4 members (excludes halogenated alkanes) is 1. The number of fused-ring (bicyclic) bond motifs is 1. The lowest BCUT2D eigenvalue weighted by Gasteiger charge is -2.32. The molecule has 1 aromatic heterocycles. The average molecular weight is 462 g/mol. The van der Waals surface area contributed by atoms with Gasteiger partial charge in [-0.2, -0.15) is 0 Å². The minimum Gasteiger partial charge on any atom is -0.490 e. The van der Waals surface area contributed by atoms with Gasteiger partial charge in [-0.15, -0.1) is 0 Å². The van der Waals surface area contributed by atoms with Crippen molar-refractivity contribution >= 4 is 16.8 Å². The molecular formula is C28H35N3O3. The minimum absolute atomic E-state index is 0.0712. The van der Waals surface area contributed by atoms with Crippen LogP contribution in [0.1, 0.15) is 31.2 Å². The SMILES string of the molecule is O=C(NCCCCc1ccccc1)C1CCN(CC(O)COc2cccc3ncccc23)CC1. The van der Waals surface area contributed by atoms with Gasteiger partial charge in [-0.25, -0.2) is 0 Å². The number of ether oxygens (including phenoxy) is 1. The van der Waals surface area contributed by atoms with E-state index in [-0.39, 0.29) is 18.4 Å². The maximum absolute atomic E-state index is 12.5. The summed E-state index contributed by atoms with van der Waals surface area (Å²) in [5.74, 6) is 0.985. The van der Waals surface area contributed by atoms with Crippen LogP contribution in [-0.4, -0.2) is 59.8 Å². The van der Waals surface area contributed by atoms with Crippen LogP contribution in [0.15, 0.2) is 66.9 Å². The molecule has 6 nitrogen and oxygen atoms in total. The monoisotopic (exact) mass is 461 g/mol. The number of benzene rings is 2. The van der Waals surface area contributed by atoms with E-state index in [4.69, 9.17) is 4.74 Å². The van der Waals surface area contributed by atoms with E-state index in [1.165, 1.54) is 5.56 Å². The van der Waals surface area contributed by atoms with Crippen LogP contribution in [0.3, 0.4) is 0 Å². The van der Waals surface area contributed by atoms with Crippen molar-refractivity contribution in [1.29, 1.82) is 0 Å². The first-order valence-corrected chi connectivity index (χ1v) is 12.4. The van der Waals surface area contributed by atoms with Gasteiger partial charge in [0.2, 0.25) is 5.91 Å². The van der Waals surface area contributed by atoms with E-state index in [0.29, 0.717) is 6.54 Å². The van der Waals surface area contributed by atoms with E-state index in [1.807, 2.05) is 36.4 Å². The Hall–Kier alpha value is -2.96. The number of likely N-dealkylation sites (tertiary alicyclic amines) is 1. The summed E-state index contributed by atoms with van der Waals surface area (Å²) < 4.78 is 5.89. The fourth-order valence-electron chi connectivity index (χ4n) is 4.57. The van der Waals surface area contributed by atoms with Crippen molar-refractivity contribution in [2.45, 2.75) is 38.2 Å². The van der Waals surface area contributed by atoms with Gasteiger partial charge in [0.15, 0.2) is 0 Å². The lowest BCUT2D eigenvalue weighted by molar-refractivity contribution is -0.126. The predicted molar refractivity (Wildman–Crippen MR) is 135 cm³/mol. The highest BCUT2D eigenvalue weighted by Gasteiger charge is 2.25. The molecule has 3 aromatic rings. The molecule has 1 aliphatic heterocycles. The summed E-state index contributed by atoms with van der Waals surface area (Å²) in [5.41, 5.74) is 2.23. The summed E-state index contributed by atoms with van der Waals surface area (Å²) in [6, 6.07) is 20.1. The van der Waals surface area contributed by atoms with Gasteiger partial charge in [-0.3, -0.25) is 9.78 Å². The number of aliphatic hydroxyl groups excluding tert-OH is 1. The average Bonchev–Trinajstić information content (AvgIpc) is 2.88. The number of aliphatic hydroxyl groups is 1. The molecule has 1 aliphatic rings. The Labute approximate surface area is 202 Å². The highest BCUT2D eigenvalue weighted by molar-refractivity contribution is 5.84. The number of aromatic nitrogens is 1. The van der Waals surface area contributed by atoms with Crippen LogP contribution in [0.5, 0.6) is 5.75 Å². The summed E-state index contributed by atoms with van der Waals surface area (Å²) in [5, 5.41) is 14.6. The number of nitrogens with zero attached hydrogens (tertiary/aromatic N) is 2. The summed E-state index contributed by atoms with van der Waals surface area (Å²) in [7, 11) is 0. The van der Waals surface area contributed by atoms with Crippen LogP contribution in [0.4, 0.5) is 0 Å². The van der Waals surface area contributed by atoms with Crippen molar-refractivity contribution in [3.63, 3.8) is 0 Å². The highest BCUT2D eigenvalue weighted by Crippen LogP contribution is 2.24. The van der Waals surface area contributed by atoms with Crippen molar-refractivity contribution in [2.24, 2.45) is 5.92 Å². The summed E-state index contributed by atoms with van der Waals surface area (Å²) in [4.78, 5) is 19.1. The number of amides is 1. The number of carbonyl (C=O) groups is 1. The van der Waals surface area contributed by atoms with Crippen molar-refractivity contribution in [3.05, 3.63) is 72.4 Å². The Morgan fingerprint density at radius 2 is 1.88 bits per heavy atom. The molecule has 1 amide bonds. The first-order chi connectivity index (χ1) is 16.7. The third-order valence-electron chi connectivity index (χ3n) is 6.50. The number of hydrogen-bond acceptors (Lipinski definition) is 5. The van der Waals surface area contributed by atoms with Crippen molar-refractivity contribution in [1.82, 2.24) is 15.2 Å². The van der Waals surface area contributed by atoms with Gasteiger partial charge < -0.3 is 20.1 Å². The second kappa shape index (κ2) is 12.5. The molecule has 180 valence electrons. The highest BCUT2D eigenvalue weighted by atomic mass is 16.5. The molecule has 0 spiro atoms.